The number of sulfonamides is 1. The van der Waals surface area contributed by atoms with Gasteiger partial charge >= 0.3 is 0 Å². The van der Waals surface area contributed by atoms with E-state index in [0.29, 0.717) is 0 Å². The number of aliphatic imine (C=N–C) groups is 1. The van der Waals surface area contributed by atoms with E-state index in [9.17, 15) is 13.2 Å². The van der Waals surface area contributed by atoms with Crippen molar-refractivity contribution in [3.63, 3.8) is 0 Å². The van der Waals surface area contributed by atoms with Crippen molar-refractivity contribution in [2.24, 2.45) is 4.99 Å². The standard InChI is InChI=1S/C8H8N2O3S/c1-9-14(12,13)8-5-3-2-4-7(8)10-6-11/h2-5,9H,1H3. The van der Waals surface area contributed by atoms with Gasteiger partial charge in [-0.2, -0.15) is 4.99 Å². The third kappa shape index (κ3) is 2.05. The summed E-state index contributed by atoms with van der Waals surface area (Å²) in [7, 11) is -2.29. The molecular weight excluding hydrogens is 204 g/mol. The van der Waals surface area contributed by atoms with Crippen LogP contribution < -0.4 is 4.72 Å². The third-order valence-electron chi connectivity index (χ3n) is 1.59. The van der Waals surface area contributed by atoms with Crippen LogP contribution in [0.1, 0.15) is 0 Å². The Morgan fingerprint density at radius 1 is 1.36 bits per heavy atom. The van der Waals surface area contributed by atoms with Crippen LogP contribution >= 0.6 is 0 Å². The molecule has 0 atom stereocenters. The first-order chi connectivity index (χ1) is 6.61. The second-order valence-electron chi connectivity index (χ2n) is 2.38. The minimum Gasteiger partial charge on any atom is -0.214 e. The molecule has 6 heteroatoms. The number of nitrogens with one attached hydrogen (secondary N) is 1. The predicted octanol–water partition coefficient (Wildman–Crippen LogP) is 0.562. The SMILES string of the molecule is CNS(=O)(=O)c1ccccc1N=C=O. The van der Waals surface area contributed by atoms with Crippen LogP contribution in [0.3, 0.4) is 0 Å². The van der Waals surface area contributed by atoms with Gasteiger partial charge in [0.05, 0.1) is 5.69 Å². The molecule has 5 nitrogen and oxygen atoms in total. The Morgan fingerprint density at radius 3 is 2.57 bits per heavy atom. The summed E-state index contributed by atoms with van der Waals surface area (Å²) in [4.78, 5) is 13.3. The summed E-state index contributed by atoms with van der Waals surface area (Å²) in [6, 6.07) is 5.93. The Balaban J connectivity index is 3.41. The summed E-state index contributed by atoms with van der Waals surface area (Å²) < 4.78 is 24.9. The molecule has 0 heterocycles. The Labute approximate surface area is 81.5 Å². The van der Waals surface area contributed by atoms with Gasteiger partial charge in [-0.1, -0.05) is 12.1 Å². The average Bonchev–Trinajstić information content (AvgIpc) is 2.19. The number of rotatable bonds is 3. The first-order valence-electron chi connectivity index (χ1n) is 3.72. The number of carbonyl (C=O) groups excluding carboxylic acids is 1. The Hall–Kier alpha value is -1.49. The van der Waals surface area contributed by atoms with Gasteiger partial charge in [-0.15, -0.1) is 0 Å². The van der Waals surface area contributed by atoms with Gasteiger partial charge in [-0.25, -0.2) is 17.9 Å². The average molecular weight is 212 g/mol. The molecule has 0 saturated heterocycles. The first kappa shape index (κ1) is 10.6. The summed E-state index contributed by atoms with van der Waals surface area (Å²) in [5.41, 5.74) is 0.0804. The highest BCUT2D eigenvalue weighted by atomic mass is 32.2. The first-order valence-corrected chi connectivity index (χ1v) is 5.20. The molecule has 0 aliphatic rings. The molecule has 0 fully saturated rings. The molecule has 1 rings (SSSR count). The van der Waals surface area contributed by atoms with Crippen LogP contribution in [-0.2, 0) is 14.8 Å². The Morgan fingerprint density at radius 2 is 2.00 bits per heavy atom. The zero-order valence-electron chi connectivity index (χ0n) is 7.39. The van der Waals surface area contributed by atoms with Gasteiger partial charge in [-0.3, -0.25) is 0 Å². The van der Waals surface area contributed by atoms with Gasteiger partial charge in [0.25, 0.3) is 0 Å². The quantitative estimate of drug-likeness (QED) is 0.587. The van der Waals surface area contributed by atoms with Crippen molar-refractivity contribution in [3.8, 4) is 0 Å². The Bertz CT molecular complexity index is 475. The predicted molar refractivity (Wildman–Crippen MR) is 50.5 cm³/mol. The number of hydrogen-bond donors (Lipinski definition) is 1. The van der Waals surface area contributed by atoms with Gasteiger partial charge in [0.1, 0.15) is 4.90 Å². The summed E-state index contributed by atoms with van der Waals surface area (Å²) >= 11 is 0. The summed E-state index contributed by atoms with van der Waals surface area (Å²) in [5.74, 6) is 0. The van der Waals surface area contributed by atoms with Gasteiger partial charge in [0.15, 0.2) is 0 Å². The van der Waals surface area contributed by atoms with E-state index in [-0.39, 0.29) is 10.6 Å². The highest BCUT2D eigenvalue weighted by molar-refractivity contribution is 7.89. The van der Waals surface area contributed by atoms with Crippen LogP contribution in [0.5, 0.6) is 0 Å². The second kappa shape index (κ2) is 4.15. The maximum absolute atomic E-state index is 11.4. The lowest BCUT2D eigenvalue weighted by atomic mass is 10.3. The molecule has 0 radical (unpaired) electrons. The van der Waals surface area contributed by atoms with Crippen molar-refractivity contribution in [3.05, 3.63) is 24.3 Å². The van der Waals surface area contributed by atoms with Gasteiger partial charge in [0.2, 0.25) is 16.1 Å². The van der Waals surface area contributed by atoms with Gasteiger partial charge in [0, 0.05) is 0 Å². The lowest BCUT2D eigenvalue weighted by molar-refractivity contribution is 0.565. The molecule has 0 aliphatic heterocycles. The van der Waals surface area contributed by atoms with Crippen LogP contribution in [0.4, 0.5) is 5.69 Å². The van der Waals surface area contributed by atoms with Crippen molar-refractivity contribution in [2.75, 3.05) is 7.05 Å². The molecule has 0 unspecified atom stereocenters. The molecular formula is C8H8N2O3S. The van der Waals surface area contributed by atoms with Gasteiger partial charge in [-0.05, 0) is 19.2 Å². The normalized spacial score (nSPS) is 10.6. The van der Waals surface area contributed by atoms with Crippen LogP contribution in [-0.4, -0.2) is 21.5 Å². The maximum Gasteiger partial charge on any atom is 0.242 e. The number of nitrogens with zero attached hydrogens (tertiary/aromatic N) is 1. The van der Waals surface area contributed by atoms with Crippen molar-refractivity contribution in [1.82, 2.24) is 4.72 Å². The van der Waals surface area contributed by atoms with Crippen LogP contribution in [0.2, 0.25) is 0 Å². The monoisotopic (exact) mass is 212 g/mol. The molecule has 1 aromatic carbocycles. The Kier molecular flexibility index (Phi) is 3.14. The smallest absolute Gasteiger partial charge is 0.214 e. The van der Waals surface area contributed by atoms with E-state index in [1.54, 1.807) is 12.1 Å². The minimum atomic E-state index is -3.57. The number of hydrogen-bond acceptors (Lipinski definition) is 4. The van der Waals surface area contributed by atoms with E-state index in [1.165, 1.54) is 25.3 Å². The zero-order valence-corrected chi connectivity index (χ0v) is 8.21. The van der Waals surface area contributed by atoms with E-state index in [0.717, 1.165) is 0 Å². The topological polar surface area (TPSA) is 75.6 Å². The second-order valence-corrected chi connectivity index (χ2v) is 4.23. The fraction of sp³-hybridized carbons (Fsp3) is 0.125. The largest absolute Gasteiger partial charge is 0.242 e. The van der Waals surface area contributed by atoms with E-state index in [4.69, 9.17) is 0 Å². The van der Waals surface area contributed by atoms with E-state index >= 15 is 0 Å². The highest BCUT2D eigenvalue weighted by Crippen LogP contribution is 2.22. The van der Waals surface area contributed by atoms with Crippen LogP contribution in [0.15, 0.2) is 34.2 Å². The lowest BCUT2D eigenvalue weighted by Gasteiger charge is -2.03. The minimum absolute atomic E-state index is 0.0362. The molecule has 0 saturated carbocycles. The van der Waals surface area contributed by atoms with Crippen molar-refractivity contribution >= 4 is 21.8 Å². The van der Waals surface area contributed by atoms with Crippen LogP contribution in [0.25, 0.3) is 0 Å². The molecule has 0 spiro atoms. The molecule has 1 N–H and O–H groups in total. The summed E-state index contributed by atoms with van der Waals surface area (Å²) in [6.45, 7) is 0. The number of isocyanates is 1. The highest BCUT2D eigenvalue weighted by Gasteiger charge is 2.15. The summed E-state index contributed by atoms with van der Waals surface area (Å²) in [6.07, 6.45) is 1.30. The molecule has 0 aromatic heterocycles. The zero-order chi connectivity index (χ0) is 10.6. The fourth-order valence-corrected chi connectivity index (χ4v) is 1.80. The fourth-order valence-electron chi connectivity index (χ4n) is 0.936. The van der Waals surface area contributed by atoms with Crippen molar-refractivity contribution in [1.29, 1.82) is 0 Å². The molecule has 14 heavy (non-hydrogen) atoms. The van der Waals surface area contributed by atoms with E-state index in [2.05, 4.69) is 9.71 Å². The number of para-hydroxylation sites is 1. The van der Waals surface area contributed by atoms with E-state index in [1.807, 2.05) is 0 Å². The number of benzene rings is 1. The maximum atomic E-state index is 11.4. The molecule has 0 aliphatic carbocycles. The third-order valence-corrected chi connectivity index (χ3v) is 3.05. The molecule has 74 valence electrons. The van der Waals surface area contributed by atoms with E-state index < -0.39 is 10.0 Å². The molecule has 0 amide bonds. The van der Waals surface area contributed by atoms with Gasteiger partial charge < -0.3 is 0 Å². The molecule has 0 bridgehead atoms. The molecule has 1 aromatic rings. The lowest BCUT2D eigenvalue weighted by Crippen LogP contribution is -2.18. The van der Waals surface area contributed by atoms with Crippen molar-refractivity contribution in [2.45, 2.75) is 4.90 Å². The van der Waals surface area contributed by atoms with Crippen molar-refractivity contribution < 1.29 is 13.2 Å². The van der Waals surface area contributed by atoms with Crippen LogP contribution in [0, 0.1) is 0 Å². The summed E-state index contributed by atoms with van der Waals surface area (Å²) in [5, 5.41) is 0.